The fourth-order valence-corrected chi connectivity index (χ4v) is 2.00. The fraction of sp³-hybridized carbons (Fsp3) is 0.400. The number of amides is 1. The second-order valence-electron chi connectivity index (χ2n) is 5.45. The minimum absolute atomic E-state index is 0.142. The maximum absolute atomic E-state index is 12.2. The Kier molecular flexibility index (Phi) is 5.59. The first-order valence-corrected chi connectivity index (χ1v) is 7.45. The van der Waals surface area contributed by atoms with Crippen molar-refractivity contribution in [2.24, 2.45) is 0 Å². The quantitative estimate of drug-likeness (QED) is 0.583. The first kappa shape index (κ1) is 17.5. The van der Waals surface area contributed by atoms with Gasteiger partial charge in [-0.1, -0.05) is 11.2 Å². The molecule has 0 saturated carbocycles. The molecule has 0 aliphatic rings. The van der Waals surface area contributed by atoms with Gasteiger partial charge in [-0.3, -0.25) is 14.9 Å². The second-order valence-corrected chi connectivity index (χ2v) is 5.45. The summed E-state index contributed by atoms with van der Waals surface area (Å²) in [7, 11) is 1.84. The van der Waals surface area contributed by atoms with Crippen molar-refractivity contribution >= 4 is 11.6 Å². The van der Waals surface area contributed by atoms with Gasteiger partial charge >= 0.3 is 0 Å². The lowest BCUT2D eigenvalue weighted by molar-refractivity contribution is -0.384. The van der Waals surface area contributed by atoms with Gasteiger partial charge in [0.2, 0.25) is 5.89 Å². The van der Waals surface area contributed by atoms with Gasteiger partial charge in [0.15, 0.2) is 5.82 Å². The standard InChI is InChI=1S/C15H19N5O4/c1-9(16-3)7-13-18-15(24-19-13)10(2)17-14(21)11-5-4-6-12(8-11)20(22)23/h4-6,8-10,16H,7H2,1-3H3,(H,17,21). The summed E-state index contributed by atoms with van der Waals surface area (Å²) in [6, 6.07) is 5.20. The van der Waals surface area contributed by atoms with E-state index in [0.29, 0.717) is 12.2 Å². The molecule has 0 fully saturated rings. The van der Waals surface area contributed by atoms with E-state index in [9.17, 15) is 14.9 Å². The smallest absolute Gasteiger partial charge is 0.270 e. The zero-order valence-corrected chi connectivity index (χ0v) is 13.6. The Balaban J connectivity index is 2.03. The van der Waals surface area contributed by atoms with Crippen LogP contribution in [0.2, 0.25) is 0 Å². The Labute approximate surface area is 138 Å². The van der Waals surface area contributed by atoms with Crippen molar-refractivity contribution in [1.29, 1.82) is 0 Å². The van der Waals surface area contributed by atoms with Crippen molar-refractivity contribution in [3.63, 3.8) is 0 Å². The van der Waals surface area contributed by atoms with Crippen LogP contribution in [0, 0.1) is 10.1 Å². The Bertz CT molecular complexity index is 730. The zero-order valence-electron chi connectivity index (χ0n) is 13.6. The van der Waals surface area contributed by atoms with Gasteiger partial charge in [-0.2, -0.15) is 4.98 Å². The van der Waals surface area contributed by atoms with Gasteiger partial charge < -0.3 is 15.2 Å². The summed E-state index contributed by atoms with van der Waals surface area (Å²) in [5, 5.41) is 20.4. The highest BCUT2D eigenvalue weighted by Crippen LogP contribution is 2.15. The van der Waals surface area contributed by atoms with E-state index in [1.54, 1.807) is 6.92 Å². The summed E-state index contributed by atoms with van der Waals surface area (Å²) in [6.45, 7) is 3.69. The van der Waals surface area contributed by atoms with E-state index < -0.39 is 16.9 Å². The molecule has 0 aliphatic carbocycles. The SMILES string of the molecule is CNC(C)Cc1noc(C(C)NC(=O)c2cccc([N+](=O)[O-])c2)n1. The molecule has 2 atom stereocenters. The van der Waals surface area contributed by atoms with E-state index in [2.05, 4.69) is 20.8 Å². The van der Waals surface area contributed by atoms with E-state index in [4.69, 9.17) is 4.52 Å². The van der Waals surface area contributed by atoms with Crippen molar-refractivity contribution in [3.8, 4) is 0 Å². The van der Waals surface area contributed by atoms with Gasteiger partial charge in [0, 0.05) is 30.2 Å². The topological polar surface area (TPSA) is 123 Å². The second kappa shape index (κ2) is 7.64. The lowest BCUT2D eigenvalue weighted by atomic mass is 10.2. The van der Waals surface area contributed by atoms with E-state index >= 15 is 0 Å². The average Bonchev–Trinajstić information content (AvgIpc) is 3.03. The summed E-state index contributed by atoms with van der Waals surface area (Å²) in [4.78, 5) is 26.7. The number of nitrogens with one attached hydrogen (secondary N) is 2. The molecule has 0 spiro atoms. The molecule has 0 radical (unpaired) electrons. The molecule has 0 saturated heterocycles. The van der Waals surface area contributed by atoms with E-state index in [-0.39, 0.29) is 23.2 Å². The van der Waals surface area contributed by atoms with Crippen LogP contribution in [-0.4, -0.2) is 34.1 Å². The minimum Gasteiger partial charge on any atom is -0.341 e. The lowest BCUT2D eigenvalue weighted by Gasteiger charge is -2.09. The van der Waals surface area contributed by atoms with Crippen LogP contribution in [-0.2, 0) is 6.42 Å². The number of rotatable bonds is 7. The normalized spacial score (nSPS) is 13.3. The molecule has 9 heteroatoms. The minimum atomic E-state index is -0.548. The Hall–Kier alpha value is -2.81. The molecule has 2 aromatic rings. The number of nitro benzene ring substituents is 1. The molecule has 2 rings (SSSR count). The molecule has 1 heterocycles. The Morgan fingerprint density at radius 2 is 2.17 bits per heavy atom. The Morgan fingerprint density at radius 3 is 2.83 bits per heavy atom. The fourth-order valence-electron chi connectivity index (χ4n) is 2.00. The molecule has 1 aromatic carbocycles. The number of carbonyl (C=O) groups excluding carboxylic acids is 1. The van der Waals surface area contributed by atoms with Crippen LogP contribution in [0.1, 0.15) is 42.0 Å². The van der Waals surface area contributed by atoms with Crippen LogP contribution < -0.4 is 10.6 Å². The molecule has 24 heavy (non-hydrogen) atoms. The number of benzene rings is 1. The molecule has 2 unspecified atom stereocenters. The van der Waals surface area contributed by atoms with Crippen molar-refractivity contribution in [2.75, 3.05) is 7.05 Å². The van der Waals surface area contributed by atoms with Crippen LogP contribution in [0.3, 0.4) is 0 Å². The molecule has 1 aromatic heterocycles. The molecule has 2 N–H and O–H groups in total. The number of nitro groups is 1. The molecule has 9 nitrogen and oxygen atoms in total. The number of nitrogens with zero attached hydrogens (tertiary/aromatic N) is 3. The van der Waals surface area contributed by atoms with Gasteiger partial charge in [0.05, 0.1) is 4.92 Å². The van der Waals surface area contributed by atoms with Crippen LogP contribution in [0.4, 0.5) is 5.69 Å². The molecular formula is C15H19N5O4. The molecule has 0 bridgehead atoms. The van der Waals surface area contributed by atoms with E-state index in [1.807, 2.05) is 14.0 Å². The summed E-state index contributed by atoms with van der Waals surface area (Å²) < 4.78 is 5.16. The maximum atomic E-state index is 12.2. The largest absolute Gasteiger partial charge is 0.341 e. The number of likely N-dealkylation sites (N-methyl/N-ethyl adjacent to an activating group) is 1. The number of hydrogen-bond acceptors (Lipinski definition) is 7. The number of hydrogen-bond donors (Lipinski definition) is 2. The third kappa shape index (κ3) is 4.35. The third-order valence-corrected chi connectivity index (χ3v) is 3.50. The summed E-state index contributed by atoms with van der Waals surface area (Å²) in [5.41, 5.74) is 0.0519. The Morgan fingerprint density at radius 1 is 1.42 bits per heavy atom. The highest BCUT2D eigenvalue weighted by molar-refractivity contribution is 5.94. The lowest BCUT2D eigenvalue weighted by Crippen LogP contribution is -2.27. The van der Waals surface area contributed by atoms with Crippen LogP contribution in [0.5, 0.6) is 0 Å². The number of non-ortho nitro benzene ring substituents is 1. The summed E-state index contributed by atoms with van der Waals surface area (Å²) in [6.07, 6.45) is 0.603. The first-order chi connectivity index (χ1) is 11.4. The molecular weight excluding hydrogens is 314 g/mol. The van der Waals surface area contributed by atoms with Crippen molar-refractivity contribution in [1.82, 2.24) is 20.8 Å². The third-order valence-electron chi connectivity index (χ3n) is 3.50. The maximum Gasteiger partial charge on any atom is 0.270 e. The predicted molar refractivity (Wildman–Crippen MR) is 85.5 cm³/mol. The van der Waals surface area contributed by atoms with E-state index in [0.717, 1.165) is 0 Å². The zero-order chi connectivity index (χ0) is 17.7. The van der Waals surface area contributed by atoms with Crippen molar-refractivity contribution in [2.45, 2.75) is 32.4 Å². The van der Waals surface area contributed by atoms with Gasteiger partial charge in [0.1, 0.15) is 6.04 Å². The van der Waals surface area contributed by atoms with Crippen molar-refractivity contribution < 1.29 is 14.2 Å². The monoisotopic (exact) mass is 333 g/mol. The van der Waals surface area contributed by atoms with Crippen LogP contribution >= 0.6 is 0 Å². The van der Waals surface area contributed by atoms with Gasteiger partial charge in [0.25, 0.3) is 11.6 Å². The van der Waals surface area contributed by atoms with Gasteiger partial charge in [-0.25, -0.2) is 0 Å². The number of aromatic nitrogens is 2. The molecule has 1 amide bonds. The highest BCUT2D eigenvalue weighted by Gasteiger charge is 2.19. The first-order valence-electron chi connectivity index (χ1n) is 7.45. The predicted octanol–water partition coefficient (Wildman–Crippen LogP) is 1.62. The van der Waals surface area contributed by atoms with Crippen molar-refractivity contribution in [3.05, 3.63) is 51.7 Å². The molecule has 0 aliphatic heterocycles. The van der Waals surface area contributed by atoms with Gasteiger partial charge in [-0.15, -0.1) is 0 Å². The summed E-state index contributed by atoms with van der Waals surface area (Å²) in [5.74, 6) is 0.380. The van der Waals surface area contributed by atoms with Crippen LogP contribution in [0.25, 0.3) is 0 Å². The summed E-state index contributed by atoms with van der Waals surface area (Å²) >= 11 is 0. The average molecular weight is 333 g/mol. The van der Waals surface area contributed by atoms with Crippen LogP contribution in [0.15, 0.2) is 28.8 Å². The highest BCUT2D eigenvalue weighted by atomic mass is 16.6. The molecule has 128 valence electrons. The van der Waals surface area contributed by atoms with E-state index in [1.165, 1.54) is 24.3 Å². The number of carbonyl (C=O) groups is 1. The van der Waals surface area contributed by atoms with Gasteiger partial charge in [-0.05, 0) is 27.0 Å².